The lowest BCUT2D eigenvalue weighted by atomic mass is 10.1. The molecule has 0 fully saturated rings. The molecule has 7 nitrogen and oxygen atoms in total. The van der Waals surface area contributed by atoms with Gasteiger partial charge < -0.3 is 14.6 Å². The van der Waals surface area contributed by atoms with Crippen LogP contribution in [0.3, 0.4) is 0 Å². The fraction of sp³-hybridized carbons (Fsp3) is 0.333. The molecule has 1 amide bonds. The Morgan fingerprint density at radius 3 is 2.31 bits per heavy atom. The average Bonchev–Trinajstić information content (AvgIpc) is 3.16. The zero-order valence-corrected chi connectivity index (χ0v) is 19.5. The molecule has 0 aliphatic heterocycles. The van der Waals surface area contributed by atoms with E-state index in [0.717, 1.165) is 19.6 Å². The number of amides is 1. The summed E-state index contributed by atoms with van der Waals surface area (Å²) in [6.07, 6.45) is 0. The molecule has 3 rings (SSSR count). The van der Waals surface area contributed by atoms with Crippen molar-refractivity contribution in [1.82, 2.24) is 15.2 Å². The van der Waals surface area contributed by atoms with Gasteiger partial charge in [-0.05, 0) is 56.4 Å². The fourth-order valence-corrected chi connectivity index (χ4v) is 4.68. The quantitative estimate of drug-likeness (QED) is 0.501. The van der Waals surface area contributed by atoms with Gasteiger partial charge in [-0.2, -0.15) is 0 Å². The molecule has 0 unspecified atom stereocenters. The minimum Gasteiger partial charge on any atom is -0.441 e. The van der Waals surface area contributed by atoms with Crippen LogP contribution in [0.5, 0.6) is 0 Å². The van der Waals surface area contributed by atoms with Gasteiger partial charge in [0.15, 0.2) is 9.84 Å². The van der Waals surface area contributed by atoms with Crippen molar-refractivity contribution in [3.8, 4) is 11.5 Å². The van der Waals surface area contributed by atoms with E-state index in [1.165, 1.54) is 0 Å². The van der Waals surface area contributed by atoms with Crippen LogP contribution in [0.1, 0.15) is 35.7 Å². The lowest BCUT2D eigenvalue weighted by molar-refractivity contribution is 0.0949. The van der Waals surface area contributed by atoms with E-state index in [1.807, 2.05) is 0 Å². The summed E-state index contributed by atoms with van der Waals surface area (Å²) in [5.41, 5.74) is 1.60. The molecule has 1 N–H and O–H groups in total. The second-order valence-electron chi connectivity index (χ2n) is 7.45. The van der Waals surface area contributed by atoms with E-state index in [1.54, 1.807) is 61.5 Å². The van der Waals surface area contributed by atoms with E-state index in [0.29, 0.717) is 35.0 Å². The Labute approximate surface area is 189 Å². The van der Waals surface area contributed by atoms with Crippen molar-refractivity contribution in [2.45, 2.75) is 31.4 Å². The monoisotopic (exact) mass is 455 g/mol. The predicted molar refractivity (Wildman–Crippen MR) is 124 cm³/mol. The number of benzene rings is 2. The summed E-state index contributed by atoms with van der Waals surface area (Å²) in [6.45, 7) is 9.18. The molecule has 0 atom stereocenters. The fourth-order valence-electron chi connectivity index (χ4n) is 3.31. The van der Waals surface area contributed by atoms with Gasteiger partial charge in [-0.1, -0.05) is 32.0 Å². The van der Waals surface area contributed by atoms with Crippen molar-refractivity contribution in [3.05, 3.63) is 71.6 Å². The second kappa shape index (κ2) is 10.6. The maximum Gasteiger partial charge on any atom is 0.251 e. The van der Waals surface area contributed by atoms with Gasteiger partial charge in [0, 0.05) is 24.2 Å². The Hall–Kier alpha value is -2.97. The Morgan fingerprint density at radius 2 is 1.69 bits per heavy atom. The Kier molecular flexibility index (Phi) is 7.82. The van der Waals surface area contributed by atoms with Crippen molar-refractivity contribution in [2.75, 3.05) is 26.2 Å². The van der Waals surface area contributed by atoms with Crippen LogP contribution in [0.25, 0.3) is 11.5 Å². The number of carbonyl (C=O) groups is 1. The average molecular weight is 456 g/mol. The largest absolute Gasteiger partial charge is 0.441 e. The van der Waals surface area contributed by atoms with Gasteiger partial charge in [-0.25, -0.2) is 13.4 Å². The number of aryl methyl sites for hydroxylation is 1. The molecule has 1 heterocycles. The maximum absolute atomic E-state index is 12.7. The third-order valence-corrected chi connectivity index (χ3v) is 6.97. The van der Waals surface area contributed by atoms with Crippen molar-refractivity contribution in [1.29, 1.82) is 0 Å². The lowest BCUT2D eigenvalue weighted by Gasteiger charge is -2.17. The minimum absolute atomic E-state index is 0.137. The van der Waals surface area contributed by atoms with E-state index in [4.69, 9.17) is 4.42 Å². The Bertz CT molecular complexity index is 1140. The summed E-state index contributed by atoms with van der Waals surface area (Å²) in [6, 6.07) is 15.2. The number of aromatic nitrogens is 1. The summed E-state index contributed by atoms with van der Waals surface area (Å²) >= 11 is 0. The van der Waals surface area contributed by atoms with Crippen LogP contribution < -0.4 is 5.32 Å². The first-order chi connectivity index (χ1) is 15.3. The molecule has 0 aliphatic carbocycles. The van der Waals surface area contributed by atoms with E-state index < -0.39 is 9.84 Å². The summed E-state index contributed by atoms with van der Waals surface area (Å²) in [4.78, 5) is 19.3. The number of sulfone groups is 1. The molecule has 8 heteroatoms. The highest BCUT2D eigenvalue weighted by Crippen LogP contribution is 2.25. The first kappa shape index (κ1) is 23.7. The van der Waals surface area contributed by atoms with Crippen LogP contribution in [0.15, 0.2) is 63.9 Å². The van der Waals surface area contributed by atoms with Crippen LogP contribution >= 0.6 is 0 Å². The number of likely N-dealkylation sites (N-methyl/N-ethyl adjacent to an activating group) is 1. The highest BCUT2D eigenvalue weighted by molar-refractivity contribution is 7.90. The molecule has 3 aromatic rings. The number of oxazole rings is 1. The molecule has 2 aromatic carbocycles. The van der Waals surface area contributed by atoms with Crippen molar-refractivity contribution in [3.63, 3.8) is 0 Å². The maximum atomic E-state index is 12.7. The molecule has 0 aliphatic rings. The third-order valence-electron chi connectivity index (χ3n) is 5.32. The predicted octanol–water partition coefficient (Wildman–Crippen LogP) is 3.70. The van der Waals surface area contributed by atoms with Crippen LogP contribution in [0.4, 0.5) is 0 Å². The first-order valence-electron chi connectivity index (χ1n) is 10.7. The SMILES string of the molecule is CCN(CC)CCNC(=O)c1ccc(-c2nc(CS(=O)(=O)c3ccccc3)c(C)o2)cc1. The standard InChI is InChI=1S/C24H29N3O4S/c1-4-27(5-2)16-15-25-23(28)19-11-13-20(14-12-19)24-26-22(18(3)31-24)17-32(29,30)21-9-7-6-8-10-21/h6-14H,4-5,15-17H2,1-3H3,(H,25,28). The minimum atomic E-state index is -3.52. The second-order valence-corrected chi connectivity index (χ2v) is 9.44. The molecular weight excluding hydrogens is 426 g/mol. The van der Waals surface area contributed by atoms with E-state index in [2.05, 4.69) is 29.0 Å². The molecule has 32 heavy (non-hydrogen) atoms. The molecule has 0 spiro atoms. The van der Waals surface area contributed by atoms with Gasteiger partial charge in [0.2, 0.25) is 5.89 Å². The molecule has 0 saturated heterocycles. The number of nitrogens with zero attached hydrogens (tertiary/aromatic N) is 2. The van der Waals surface area contributed by atoms with Crippen molar-refractivity contribution < 1.29 is 17.6 Å². The summed E-state index contributed by atoms with van der Waals surface area (Å²) < 4.78 is 31.0. The van der Waals surface area contributed by atoms with E-state index >= 15 is 0 Å². The van der Waals surface area contributed by atoms with Gasteiger partial charge in [-0.15, -0.1) is 0 Å². The van der Waals surface area contributed by atoms with Gasteiger partial charge in [-0.3, -0.25) is 4.79 Å². The number of carbonyl (C=O) groups excluding carboxylic acids is 1. The summed E-state index contributed by atoms with van der Waals surface area (Å²) in [5, 5.41) is 2.93. The van der Waals surface area contributed by atoms with Crippen LogP contribution in [-0.4, -0.2) is 50.4 Å². The summed E-state index contributed by atoms with van der Waals surface area (Å²) in [5.74, 6) is 0.410. The van der Waals surface area contributed by atoms with Gasteiger partial charge in [0.25, 0.3) is 5.91 Å². The highest BCUT2D eigenvalue weighted by Gasteiger charge is 2.21. The van der Waals surface area contributed by atoms with Crippen LogP contribution in [0.2, 0.25) is 0 Å². The Balaban J connectivity index is 1.67. The van der Waals surface area contributed by atoms with Crippen molar-refractivity contribution in [2.24, 2.45) is 0 Å². The first-order valence-corrected chi connectivity index (χ1v) is 12.3. The highest BCUT2D eigenvalue weighted by atomic mass is 32.2. The number of hydrogen-bond donors (Lipinski definition) is 1. The third kappa shape index (κ3) is 5.83. The van der Waals surface area contributed by atoms with E-state index in [9.17, 15) is 13.2 Å². The molecular formula is C24H29N3O4S. The molecule has 0 radical (unpaired) electrons. The van der Waals surface area contributed by atoms with E-state index in [-0.39, 0.29) is 16.6 Å². The van der Waals surface area contributed by atoms with Crippen molar-refractivity contribution >= 4 is 15.7 Å². The van der Waals surface area contributed by atoms with Gasteiger partial charge in [0.1, 0.15) is 11.5 Å². The smallest absolute Gasteiger partial charge is 0.251 e. The zero-order chi connectivity index (χ0) is 23.1. The van der Waals surface area contributed by atoms with Crippen LogP contribution in [-0.2, 0) is 15.6 Å². The zero-order valence-electron chi connectivity index (χ0n) is 18.7. The number of hydrogen-bond acceptors (Lipinski definition) is 6. The molecule has 170 valence electrons. The van der Waals surface area contributed by atoms with Gasteiger partial charge in [0.05, 0.1) is 10.6 Å². The van der Waals surface area contributed by atoms with Gasteiger partial charge >= 0.3 is 0 Å². The topological polar surface area (TPSA) is 92.5 Å². The number of nitrogens with one attached hydrogen (secondary N) is 1. The lowest BCUT2D eigenvalue weighted by Crippen LogP contribution is -2.34. The Morgan fingerprint density at radius 1 is 1.03 bits per heavy atom. The molecule has 1 aromatic heterocycles. The normalized spacial score (nSPS) is 11.6. The number of rotatable bonds is 10. The summed E-state index contributed by atoms with van der Waals surface area (Å²) in [7, 11) is -3.52. The molecule has 0 saturated carbocycles. The molecule has 0 bridgehead atoms. The van der Waals surface area contributed by atoms with Crippen LogP contribution in [0, 0.1) is 6.92 Å².